The number of amides is 1. The van der Waals surface area contributed by atoms with Gasteiger partial charge in [0, 0.05) is 15.7 Å². The van der Waals surface area contributed by atoms with Crippen molar-refractivity contribution in [1.29, 1.82) is 0 Å². The van der Waals surface area contributed by atoms with Crippen LogP contribution < -0.4 is 5.43 Å². The molecule has 86 valence electrons. The van der Waals surface area contributed by atoms with Gasteiger partial charge in [-0.25, -0.2) is 5.43 Å². The number of halogens is 1. The van der Waals surface area contributed by atoms with Gasteiger partial charge in [-0.15, -0.1) is 0 Å². The Labute approximate surface area is 104 Å². The Morgan fingerprint density at radius 2 is 2.12 bits per heavy atom. The highest BCUT2D eigenvalue weighted by Gasteiger charge is 2.05. The Morgan fingerprint density at radius 3 is 2.69 bits per heavy atom. The van der Waals surface area contributed by atoms with E-state index in [1.165, 1.54) is 0 Å². The molecule has 1 rings (SSSR count). The van der Waals surface area contributed by atoms with E-state index >= 15 is 0 Å². The van der Waals surface area contributed by atoms with Crippen LogP contribution in [0, 0.1) is 5.92 Å². The second-order valence-electron chi connectivity index (χ2n) is 3.86. The smallest absolute Gasteiger partial charge is 0.267 e. The first-order valence-corrected chi connectivity index (χ1v) is 5.90. The van der Waals surface area contributed by atoms with E-state index in [1.54, 1.807) is 12.1 Å². The lowest BCUT2D eigenvalue weighted by molar-refractivity contribution is 0.0954. The van der Waals surface area contributed by atoms with Gasteiger partial charge in [0.05, 0.1) is 0 Å². The first-order valence-electron chi connectivity index (χ1n) is 5.11. The normalized spacial score (nSPS) is 11.7. The zero-order valence-electron chi connectivity index (χ0n) is 9.62. The number of carbonyl (C=O) groups excluding carboxylic acids is 1. The molecule has 16 heavy (non-hydrogen) atoms. The summed E-state index contributed by atoms with van der Waals surface area (Å²) in [6, 6.07) is 7.20. The van der Waals surface area contributed by atoms with Crippen molar-refractivity contribution >= 4 is 27.5 Å². The SMILES string of the molecule is C/C(=N\NC(=O)c1cccc(Br)c1)C(C)C. The number of rotatable bonds is 3. The molecule has 1 amide bonds. The van der Waals surface area contributed by atoms with E-state index in [0.717, 1.165) is 10.2 Å². The molecular formula is C12H15BrN2O. The number of nitrogens with zero attached hydrogens (tertiary/aromatic N) is 1. The molecule has 0 unspecified atom stereocenters. The molecule has 0 aromatic heterocycles. The molecule has 0 saturated heterocycles. The maximum Gasteiger partial charge on any atom is 0.271 e. The molecular weight excluding hydrogens is 268 g/mol. The Bertz CT molecular complexity index is 413. The highest BCUT2D eigenvalue weighted by molar-refractivity contribution is 9.10. The second kappa shape index (κ2) is 5.80. The molecule has 0 aliphatic rings. The number of benzene rings is 1. The van der Waals surface area contributed by atoms with Crippen LogP contribution in [0.1, 0.15) is 31.1 Å². The lowest BCUT2D eigenvalue weighted by Crippen LogP contribution is -2.20. The molecule has 0 atom stereocenters. The predicted octanol–water partition coefficient (Wildman–Crippen LogP) is 3.21. The summed E-state index contributed by atoms with van der Waals surface area (Å²) in [6.45, 7) is 5.96. The molecule has 3 nitrogen and oxygen atoms in total. The predicted molar refractivity (Wildman–Crippen MR) is 69.6 cm³/mol. The fraction of sp³-hybridized carbons (Fsp3) is 0.333. The van der Waals surface area contributed by atoms with E-state index in [0.29, 0.717) is 11.5 Å². The highest BCUT2D eigenvalue weighted by atomic mass is 79.9. The molecule has 1 aromatic rings. The molecule has 0 heterocycles. The number of carbonyl (C=O) groups is 1. The minimum atomic E-state index is -0.193. The van der Waals surface area contributed by atoms with E-state index in [-0.39, 0.29) is 5.91 Å². The summed E-state index contributed by atoms with van der Waals surface area (Å²) in [5.41, 5.74) is 4.03. The first-order chi connectivity index (χ1) is 7.50. The van der Waals surface area contributed by atoms with E-state index < -0.39 is 0 Å². The van der Waals surface area contributed by atoms with Crippen LogP contribution in [0.2, 0.25) is 0 Å². The van der Waals surface area contributed by atoms with Crippen LogP contribution >= 0.6 is 15.9 Å². The summed E-state index contributed by atoms with van der Waals surface area (Å²) in [7, 11) is 0. The summed E-state index contributed by atoms with van der Waals surface area (Å²) in [6.07, 6.45) is 0. The molecule has 0 radical (unpaired) electrons. The van der Waals surface area contributed by atoms with Crippen LogP contribution in [0.15, 0.2) is 33.8 Å². The van der Waals surface area contributed by atoms with Crippen molar-refractivity contribution < 1.29 is 4.79 Å². The lowest BCUT2D eigenvalue weighted by Gasteiger charge is -2.05. The fourth-order valence-electron chi connectivity index (χ4n) is 0.962. The van der Waals surface area contributed by atoms with Gasteiger partial charge in [-0.05, 0) is 31.0 Å². The second-order valence-corrected chi connectivity index (χ2v) is 4.77. The summed E-state index contributed by atoms with van der Waals surface area (Å²) in [4.78, 5) is 11.7. The van der Waals surface area contributed by atoms with Gasteiger partial charge in [0.2, 0.25) is 0 Å². The zero-order chi connectivity index (χ0) is 12.1. The minimum Gasteiger partial charge on any atom is -0.267 e. The molecule has 0 saturated carbocycles. The largest absolute Gasteiger partial charge is 0.271 e. The average molecular weight is 283 g/mol. The molecule has 1 aromatic carbocycles. The Balaban J connectivity index is 2.70. The maximum absolute atomic E-state index is 11.7. The molecule has 1 N–H and O–H groups in total. The van der Waals surface area contributed by atoms with Crippen molar-refractivity contribution in [3.05, 3.63) is 34.3 Å². The van der Waals surface area contributed by atoms with Crippen LogP contribution in [0.5, 0.6) is 0 Å². The Morgan fingerprint density at radius 1 is 1.44 bits per heavy atom. The van der Waals surface area contributed by atoms with Crippen LogP contribution in [0.25, 0.3) is 0 Å². The van der Waals surface area contributed by atoms with Crippen molar-refractivity contribution in [2.24, 2.45) is 11.0 Å². The fourth-order valence-corrected chi connectivity index (χ4v) is 1.36. The van der Waals surface area contributed by atoms with Crippen LogP contribution in [-0.4, -0.2) is 11.6 Å². The minimum absolute atomic E-state index is 0.193. The van der Waals surface area contributed by atoms with Gasteiger partial charge in [-0.2, -0.15) is 5.10 Å². The molecule has 0 bridgehead atoms. The highest BCUT2D eigenvalue weighted by Crippen LogP contribution is 2.11. The van der Waals surface area contributed by atoms with E-state index in [1.807, 2.05) is 32.9 Å². The van der Waals surface area contributed by atoms with Crippen molar-refractivity contribution in [3.8, 4) is 0 Å². The third-order valence-electron chi connectivity index (χ3n) is 2.26. The van der Waals surface area contributed by atoms with Crippen LogP contribution in [-0.2, 0) is 0 Å². The van der Waals surface area contributed by atoms with E-state index in [9.17, 15) is 4.79 Å². The molecule has 0 spiro atoms. The summed E-state index contributed by atoms with van der Waals surface area (Å²) in [5.74, 6) is 0.143. The van der Waals surface area contributed by atoms with Gasteiger partial charge in [0.25, 0.3) is 5.91 Å². The number of hydrogen-bond donors (Lipinski definition) is 1. The van der Waals surface area contributed by atoms with Gasteiger partial charge in [-0.1, -0.05) is 35.8 Å². The Hall–Kier alpha value is -1.16. The van der Waals surface area contributed by atoms with Gasteiger partial charge in [0.15, 0.2) is 0 Å². The summed E-state index contributed by atoms with van der Waals surface area (Å²) in [5, 5.41) is 4.03. The van der Waals surface area contributed by atoms with E-state index in [4.69, 9.17) is 0 Å². The maximum atomic E-state index is 11.7. The standard InChI is InChI=1S/C12H15BrN2O/c1-8(2)9(3)14-15-12(16)10-5-4-6-11(13)7-10/h4-8H,1-3H3,(H,15,16)/b14-9+. The van der Waals surface area contributed by atoms with Crippen molar-refractivity contribution in [1.82, 2.24) is 5.43 Å². The van der Waals surface area contributed by atoms with Gasteiger partial charge in [0.1, 0.15) is 0 Å². The van der Waals surface area contributed by atoms with E-state index in [2.05, 4.69) is 26.5 Å². The van der Waals surface area contributed by atoms with Crippen LogP contribution in [0.4, 0.5) is 0 Å². The summed E-state index contributed by atoms with van der Waals surface area (Å²) < 4.78 is 0.879. The van der Waals surface area contributed by atoms with Gasteiger partial charge in [-0.3, -0.25) is 4.79 Å². The van der Waals surface area contributed by atoms with Crippen molar-refractivity contribution in [2.75, 3.05) is 0 Å². The van der Waals surface area contributed by atoms with Crippen LogP contribution in [0.3, 0.4) is 0 Å². The molecule has 0 fully saturated rings. The number of nitrogens with one attached hydrogen (secondary N) is 1. The van der Waals surface area contributed by atoms with Gasteiger partial charge < -0.3 is 0 Å². The van der Waals surface area contributed by atoms with Crippen molar-refractivity contribution in [2.45, 2.75) is 20.8 Å². The lowest BCUT2D eigenvalue weighted by atomic mass is 10.1. The zero-order valence-corrected chi connectivity index (χ0v) is 11.2. The third kappa shape index (κ3) is 3.77. The topological polar surface area (TPSA) is 41.5 Å². The number of hydrazone groups is 1. The van der Waals surface area contributed by atoms with Gasteiger partial charge >= 0.3 is 0 Å². The Kier molecular flexibility index (Phi) is 4.68. The first kappa shape index (κ1) is 12.9. The average Bonchev–Trinajstić information content (AvgIpc) is 2.25. The molecule has 4 heteroatoms. The summed E-state index contributed by atoms with van der Waals surface area (Å²) >= 11 is 3.32. The molecule has 0 aliphatic carbocycles. The number of hydrogen-bond acceptors (Lipinski definition) is 2. The third-order valence-corrected chi connectivity index (χ3v) is 2.75. The monoisotopic (exact) mass is 282 g/mol. The van der Waals surface area contributed by atoms with Crippen molar-refractivity contribution in [3.63, 3.8) is 0 Å². The quantitative estimate of drug-likeness (QED) is 0.671. The molecule has 0 aliphatic heterocycles.